The molecule has 0 spiro atoms. The molecule has 0 aliphatic rings. The quantitative estimate of drug-likeness (QED) is 0.774. The van der Waals surface area contributed by atoms with Gasteiger partial charge < -0.3 is 10.6 Å². The summed E-state index contributed by atoms with van der Waals surface area (Å²) in [6.07, 6.45) is 0.292. The maximum absolute atomic E-state index is 11.5. The molecule has 2 amide bonds. The van der Waals surface area contributed by atoms with Crippen molar-refractivity contribution in [3.05, 3.63) is 34.9 Å². The molecule has 0 saturated heterocycles. The number of carbonyl (C=O) groups excluding carboxylic acids is 2. The molecule has 0 atom stereocenters. The van der Waals surface area contributed by atoms with Crippen molar-refractivity contribution >= 4 is 23.4 Å². The van der Waals surface area contributed by atoms with Crippen LogP contribution in [0.1, 0.15) is 12.5 Å². The van der Waals surface area contributed by atoms with E-state index in [0.29, 0.717) is 24.5 Å². The largest absolute Gasteiger partial charge is 0.355 e. The number of amides is 2. The second-order valence-electron chi connectivity index (χ2n) is 3.64. The topological polar surface area (TPSA) is 58.2 Å². The zero-order valence-electron chi connectivity index (χ0n) is 9.63. The Bertz CT molecular complexity index is 407. The molecule has 1 rings (SSSR count). The van der Waals surface area contributed by atoms with E-state index in [2.05, 4.69) is 10.6 Å². The van der Waals surface area contributed by atoms with E-state index < -0.39 is 0 Å². The molecule has 1 aromatic rings. The summed E-state index contributed by atoms with van der Waals surface area (Å²) in [5.74, 6) is -0.188. The molecular formula is C12H15ClN2O2. The Hall–Kier alpha value is -1.55. The van der Waals surface area contributed by atoms with Crippen molar-refractivity contribution in [2.75, 3.05) is 13.1 Å². The Morgan fingerprint density at radius 3 is 2.59 bits per heavy atom. The molecule has 5 heteroatoms. The van der Waals surface area contributed by atoms with Gasteiger partial charge in [0.25, 0.3) is 0 Å². The van der Waals surface area contributed by atoms with E-state index in [1.165, 1.54) is 6.92 Å². The van der Waals surface area contributed by atoms with E-state index >= 15 is 0 Å². The van der Waals surface area contributed by atoms with Crippen LogP contribution in [0.2, 0.25) is 5.02 Å². The van der Waals surface area contributed by atoms with Crippen molar-refractivity contribution in [1.29, 1.82) is 0 Å². The van der Waals surface area contributed by atoms with E-state index in [4.69, 9.17) is 11.6 Å². The van der Waals surface area contributed by atoms with Crippen LogP contribution in [0.5, 0.6) is 0 Å². The average molecular weight is 255 g/mol. The molecule has 2 N–H and O–H groups in total. The number of hydrogen-bond donors (Lipinski definition) is 2. The minimum Gasteiger partial charge on any atom is -0.355 e. The maximum atomic E-state index is 11.5. The minimum absolute atomic E-state index is 0.0855. The predicted molar refractivity (Wildman–Crippen MR) is 66.8 cm³/mol. The van der Waals surface area contributed by atoms with Gasteiger partial charge in [0.2, 0.25) is 11.8 Å². The molecule has 0 bridgehead atoms. The number of benzene rings is 1. The summed E-state index contributed by atoms with van der Waals surface area (Å²) in [5, 5.41) is 5.93. The van der Waals surface area contributed by atoms with Crippen LogP contribution in [0.15, 0.2) is 24.3 Å². The number of nitrogens with one attached hydrogen (secondary N) is 2. The fourth-order valence-electron chi connectivity index (χ4n) is 1.34. The van der Waals surface area contributed by atoms with Crippen molar-refractivity contribution in [3.63, 3.8) is 0 Å². The Morgan fingerprint density at radius 1 is 1.24 bits per heavy atom. The molecule has 0 heterocycles. The van der Waals surface area contributed by atoms with Gasteiger partial charge in [-0.2, -0.15) is 0 Å². The van der Waals surface area contributed by atoms with Crippen LogP contribution in [-0.2, 0) is 16.0 Å². The van der Waals surface area contributed by atoms with E-state index in [9.17, 15) is 9.59 Å². The fourth-order valence-corrected chi connectivity index (χ4v) is 1.55. The Labute approximate surface area is 105 Å². The second kappa shape index (κ2) is 6.91. The summed E-state index contributed by atoms with van der Waals surface area (Å²) in [6.45, 7) is 2.31. The van der Waals surface area contributed by atoms with Gasteiger partial charge in [-0.25, -0.2) is 0 Å². The number of hydrogen-bond acceptors (Lipinski definition) is 2. The third-order valence-corrected chi connectivity index (χ3v) is 2.31. The molecule has 1 aromatic carbocycles. The zero-order valence-corrected chi connectivity index (χ0v) is 10.4. The molecule has 0 unspecified atom stereocenters. The van der Waals surface area contributed by atoms with E-state index in [1.54, 1.807) is 12.1 Å². The highest BCUT2D eigenvalue weighted by atomic mass is 35.5. The van der Waals surface area contributed by atoms with E-state index in [1.807, 2.05) is 12.1 Å². The zero-order chi connectivity index (χ0) is 12.7. The summed E-state index contributed by atoms with van der Waals surface area (Å²) in [7, 11) is 0. The summed E-state index contributed by atoms with van der Waals surface area (Å²) in [6, 6.07) is 7.18. The smallest absolute Gasteiger partial charge is 0.224 e. The lowest BCUT2D eigenvalue weighted by Crippen LogP contribution is -2.34. The standard InChI is InChI=1S/C12H15ClN2O2/c1-9(16)14-5-6-15-12(17)8-10-3-2-4-11(13)7-10/h2-4,7H,5-6,8H2,1H3,(H,14,16)(H,15,17). The summed E-state index contributed by atoms with van der Waals surface area (Å²) < 4.78 is 0. The van der Waals surface area contributed by atoms with Gasteiger partial charge in [-0.3, -0.25) is 9.59 Å². The lowest BCUT2D eigenvalue weighted by Gasteiger charge is -2.06. The third-order valence-electron chi connectivity index (χ3n) is 2.07. The van der Waals surface area contributed by atoms with Crippen molar-refractivity contribution in [2.24, 2.45) is 0 Å². The van der Waals surface area contributed by atoms with Gasteiger partial charge in [0.1, 0.15) is 0 Å². The average Bonchev–Trinajstić information content (AvgIpc) is 2.24. The van der Waals surface area contributed by atoms with Crippen LogP contribution in [0.25, 0.3) is 0 Å². The van der Waals surface area contributed by atoms with Crippen LogP contribution in [0.4, 0.5) is 0 Å². The van der Waals surface area contributed by atoms with Crippen LogP contribution in [0, 0.1) is 0 Å². The molecule has 17 heavy (non-hydrogen) atoms. The van der Waals surface area contributed by atoms with Gasteiger partial charge in [-0.15, -0.1) is 0 Å². The number of halogens is 1. The highest BCUT2D eigenvalue weighted by Crippen LogP contribution is 2.10. The third kappa shape index (κ3) is 5.92. The molecule has 92 valence electrons. The number of rotatable bonds is 5. The Morgan fingerprint density at radius 2 is 1.94 bits per heavy atom. The maximum Gasteiger partial charge on any atom is 0.224 e. The first-order chi connectivity index (χ1) is 8.08. The monoisotopic (exact) mass is 254 g/mol. The van der Waals surface area contributed by atoms with Crippen molar-refractivity contribution in [3.8, 4) is 0 Å². The fraction of sp³-hybridized carbons (Fsp3) is 0.333. The predicted octanol–water partition coefficient (Wildman–Crippen LogP) is 1.13. The molecule has 0 fully saturated rings. The van der Waals surface area contributed by atoms with Gasteiger partial charge >= 0.3 is 0 Å². The summed E-state index contributed by atoms with van der Waals surface area (Å²) >= 11 is 5.81. The van der Waals surface area contributed by atoms with Crippen molar-refractivity contribution < 1.29 is 9.59 Å². The van der Waals surface area contributed by atoms with Crippen LogP contribution < -0.4 is 10.6 Å². The summed E-state index contributed by atoms with van der Waals surface area (Å²) in [4.78, 5) is 22.1. The highest BCUT2D eigenvalue weighted by Gasteiger charge is 2.03. The van der Waals surface area contributed by atoms with Crippen LogP contribution in [-0.4, -0.2) is 24.9 Å². The molecule has 0 saturated carbocycles. The highest BCUT2D eigenvalue weighted by molar-refractivity contribution is 6.30. The number of carbonyl (C=O) groups is 2. The molecule has 0 aromatic heterocycles. The lowest BCUT2D eigenvalue weighted by atomic mass is 10.1. The van der Waals surface area contributed by atoms with E-state index in [0.717, 1.165) is 5.56 Å². The van der Waals surface area contributed by atoms with Gasteiger partial charge in [-0.05, 0) is 17.7 Å². The molecular weight excluding hydrogens is 240 g/mol. The first-order valence-electron chi connectivity index (χ1n) is 5.33. The SMILES string of the molecule is CC(=O)NCCNC(=O)Cc1cccc(Cl)c1. The van der Waals surface area contributed by atoms with E-state index in [-0.39, 0.29) is 11.8 Å². The molecule has 0 aliphatic carbocycles. The molecule has 0 aliphatic heterocycles. The summed E-state index contributed by atoms with van der Waals surface area (Å²) in [5.41, 5.74) is 0.870. The van der Waals surface area contributed by atoms with Gasteiger partial charge in [0.05, 0.1) is 6.42 Å². The first kappa shape index (κ1) is 13.5. The van der Waals surface area contributed by atoms with Crippen molar-refractivity contribution in [1.82, 2.24) is 10.6 Å². The van der Waals surface area contributed by atoms with Gasteiger partial charge in [0.15, 0.2) is 0 Å². The van der Waals surface area contributed by atoms with Crippen molar-refractivity contribution in [2.45, 2.75) is 13.3 Å². The molecule has 4 nitrogen and oxygen atoms in total. The minimum atomic E-state index is -0.103. The van der Waals surface area contributed by atoms with Gasteiger partial charge in [-0.1, -0.05) is 23.7 Å². The van der Waals surface area contributed by atoms with Crippen LogP contribution >= 0.6 is 11.6 Å². The lowest BCUT2D eigenvalue weighted by molar-refractivity contribution is -0.121. The second-order valence-corrected chi connectivity index (χ2v) is 4.08. The first-order valence-corrected chi connectivity index (χ1v) is 5.71. The normalized spacial score (nSPS) is 9.76. The van der Waals surface area contributed by atoms with Crippen LogP contribution in [0.3, 0.4) is 0 Å². The van der Waals surface area contributed by atoms with Gasteiger partial charge in [0, 0.05) is 25.0 Å². The Kier molecular flexibility index (Phi) is 5.49. The Balaban J connectivity index is 2.27. The molecule has 0 radical (unpaired) electrons.